The number of rotatable bonds is 3. The van der Waals surface area contributed by atoms with E-state index in [-0.39, 0.29) is 0 Å². The summed E-state index contributed by atoms with van der Waals surface area (Å²) in [5, 5.41) is 11.9. The largest absolute Gasteiger partial charge is 0.494 e. The Morgan fingerprint density at radius 2 is 2.04 bits per heavy atom. The minimum absolute atomic E-state index is 0.335. The van der Waals surface area contributed by atoms with E-state index in [0.717, 1.165) is 24.9 Å². The fraction of sp³-hybridized carbons (Fsp3) is 0.500. The van der Waals surface area contributed by atoms with Crippen molar-refractivity contribution in [1.82, 2.24) is 19.3 Å². The molecule has 1 atom stereocenters. The van der Waals surface area contributed by atoms with Gasteiger partial charge in [0.1, 0.15) is 22.6 Å². The molecule has 0 bridgehead atoms. The summed E-state index contributed by atoms with van der Waals surface area (Å²) >= 11 is 0. The summed E-state index contributed by atoms with van der Waals surface area (Å²) in [6, 6.07) is 5.72. The summed E-state index contributed by atoms with van der Waals surface area (Å²) in [5.41, 5.74) is 8.59. The number of hydrogen-bond donors (Lipinski definition) is 2. The molecule has 7 heteroatoms. The van der Waals surface area contributed by atoms with Gasteiger partial charge in [-0.05, 0) is 43.2 Å². The van der Waals surface area contributed by atoms with Gasteiger partial charge in [0.15, 0.2) is 6.23 Å². The Morgan fingerprint density at radius 1 is 1.22 bits per heavy atom. The molecule has 1 saturated heterocycles. The molecule has 3 aromatic rings. The molecule has 1 spiro atoms. The number of anilines is 1. The van der Waals surface area contributed by atoms with Crippen molar-refractivity contribution in [2.75, 3.05) is 25.9 Å². The lowest BCUT2D eigenvalue weighted by Gasteiger charge is -2.49. The molecular weight excluding hydrogens is 342 g/mol. The molecule has 3 heterocycles. The molecule has 1 aliphatic heterocycles. The number of nitrogens with zero attached hydrogens (tertiary/aromatic N) is 4. The number of aliphatic hydroxyl groups is 1. The number of fused-ring (bicyclic) bond motifs is 3. The first-order chi connectivity index (χ1) is 13.1. The molecule has 7 nitrogen and oxygen atoms in total. The fourth-order valence-corrected chi connectivity index (χ4v) is 4.77. The number of aromatic nitrogens is 3. The number of para-hydroxylation sites is 1. The number of methoxy groups -OCH3 is 1. The first kappa shape index (κ1) is 16.8. The minimum Gasteiger partial charge on any atom is -0.494 e. The molecule has 1 aliphatic carbocycles. The summed E-state index contributed by atoms with van der Waals surface area (Å²) in [6.45, 7) is 1.85. The number of piperidine rings is 1. The molecule has 142 valence electrons. The SMILES string of the molecule is COc1cccc2c1nc(N)n1cc(C(O)N3CCCC4(CCC4)C3)nc21. The number of nitrogens with two attached hydrogens (primary N) is 1. The zero-order chi connectivity index (χ0) is 18.6. The van der Waals surface area contributed by atoms with Gasteiger partial charge in [0.25, 0.3) is 0 Å². The van der Waals surface area contributed by atoms with E-state index in [1.807, 2.05) is 24.4 Å². The van der Waals surface area contributed by atoms with Crippen LogP contribution in [0.1, 0.15) is 44.0 Å². The minimum atomic E-state index is -0.720. The van der Waals surface area contributed by atoms with Gasteiger partial charge in [0, 0.05) is 24.7 Å². The number of nitrogen functional groups attached to an aromatic ring is 1. The molecular formula is C20H25N5O2. The molecule has 27 heavy (non-hydrogen) atoms. The van der Waals surface area contributed by atoms with Crippen molar-refractivity contribution in [3.63, 3.8) is 0 Å². The first-order valence-electron chi connectivity index (χ1n) is 9.64. The van der Waals surface area contributed by atoms with Gasteiger partial charge in [-0.1, -0.05) is 12.5 Å². The molecule has 2 aliphatic rings. The van der Waals surface area contributed by atoms with Crippen LogP contribution in [0, 0.1) is 5.41 Å². The summed E-state index contributed by atoms with van der Waals surface area (Å²) < 4.78 is 7.16. The smallest absolute Gasteiger partial charge is 0.206 e. The second-order valence-electron chi connectivity index (χ2n) is 7.99. The second kappa shape index (κ2) is 6.07. The lowest BCUT2D eigenvalue weighted by molar-refractivity contribution is -0.0741. The van der Waals surface area contributed by atoms with E-state index in [1.54, 1.807) is 11.5 Å². The quantitative estimate of drug-likeness (QED) is 0.740. The van der Waals surface area contributed by atoms with E-state index >= 15 is 0 Å². The highest BCUT2D eigenvalue weighted by Gasteiger charge is 2.42. The van der Waals surface area contributed by atoms with Crippen molar-refractivity contribution in [3.05, 3.63) is 30.1 Å². The predicted molar refractivity (Wildman–Crippen MR) is 104 cm³/mol. The summed E-state index contributed by atoms with van der Waals surface area (Å²) in [5.74, 6) is 0.997. The Hall–Kier alpha value is -2.38. The van der Waals surface area contributed by atoms with Crippen LogP contribution in [0.25, 0.3) is 16.6 Å². The number of ether oxygens (including phenoxy) is 1. The first-order valence-corrected chi connectivity index (χ1v) is 9.64. The van der Waals surface area contributed by atoms with Gasteiger partial charge >= 0.3 is 0 Å². The van der Waals surface area contributed by atoms with Crippen LogP contribution in [0.4, 0.5) is 5.95 Å². The van der Waals surface area contributed by atoms with Crippen molar-refractivity contribution in [2.45, 2.75) is 38.3 Å². The van der Waals surface area contributed by atoms with E-state index in [1.165, 1.54) is 25.7 Å². The van der Waals surface area contributed by atoms with Crippen LogP contribution in [0.2, 0.25) is 0 Å². The number of aliphatic hydroxyl groups excluding tert-OH is 1. The standard InChI is InChI=1S/C20H25N5O2/c1-27-15-6-2-5-13-16(15)23-19(21)25-11-14(22-17(13)25)18(26)24-10-4-9-20(12-24)7-3-8-20/h2,5-6,11,18,26H,3-4,7-10,12H2,1H3,(H2,21,23). The number of imidazole rings is 1. The number of benzene rings is 1. The lowest BCUT2D eigenvalue weighted by Crippen LogP contribution is -2.48. The van der Waals surface area contributed by atoms with Crippen molar-refractivity contribution in [2.24, 2.45) is 5.41 Å². The van der Waals surface area contributed by atoms with Crippen LogP contribution in [0.5, 0.6) is 5.75 Å². The molecule has 1 unspecified atom stereocenters. The van der Waals surface area contributed by atoms with Gasteiger partial charge in [0.05, 0.1) is 7.11 Å². The van der Waals surface area contributed by atoms with Gasteiger partial charge in [-0.25, -0.2) is 9.97 Å². The van der Waals surface area contributed by atoms with Crippen molar-refractivity contribution < 1.29 is 9.84 Å². The predicted octanol–water partition coefficient (Wildman–Crippen LogP) is 2.73. The Balaban J connectivity index is 1.56. The van der Waals surface area contributed by atoms with Crippen LogP contribution in [0.3, 0.4) is 0 Å². The van der Waals surface area contributed by atoms with Crippen LogP contribution < -0.4 is 10.5 Å². The zero-order valence-electron chi connectivity index (χ0n) is 15.6. The number of hydrogen-bond acceptors (Lipinski definition) is 6. The highest BCUT2D eigenvalue weighted by Crippen LogP contribution is 2.48. The Morgan fingerprint density at radius 3 is 2.78 bits per heavy atom. The highest BCUT2D eigenvalue weighted by molar-refractivity contribution is 5.96. The molecule has 2 aromatic heterocycles. The Kier molecular flexibility index (Phi) is 3.77. The van der Waals surface area contributed by atoms with E-state index in [9.17, 15) is 5.11 Å². The van der Waals surface area contributed by atoms with Crippen LogP contribution in [0.15, 0.2) is 24.4 Å². The maximum absolute atomic E-state index is 11.0. The molecule has 1 saturated carbocycles. The zero-order valence-corrected chi connectivity index (χ0v) is 15.6. The monoisotopic (exact) mass is 367 g/mol. The van der Waals surface area contributed by atoms with Crippen molar-refractivity contribution >= 4 is 22.5 Å². The van der Waals surface area contributed by atoms with E-state index in [2.05, 4.69) is 9.88 Å². The average Bonchev–Trinajstić information content (AvgIpc) is 3.12. The Bertz CT molecular complexity index is 1010. The third-order valence-electron chi connectivity index (χ3n) is 6.37. The lowest BCUT2D eigenvalue weighted by atomic mass is 9.64. The molecule has 0 radical (unpaired) electrons. The van der Waals surface area contributed by atoms with Crippen LogP contribution in [-0.2, 0) is 0 Å². The average molecular weight is 367 g/mol. The molecule has 0 amide bonds. The maximum Gasteiger partial charge on any atom is 0.206 e. The third-order valence-corrected chi connectivity index (χ3v) is 6.37. The van der Waals surface area contributed by atoms with Gasteiger partial charge < -0.3 is 15.6 Å². The Labute approximate surface area is 157 Å². The van der Waals surface area contributed by atoms with E-state index < -0.39 is 6.23 Å². The normalized spacial score (nSPS) is 20.8. The van der Waals surface area contributed by atoms with E-state index in [0.29, 0.717) is 34.0 Å². The molecule has 2 fully saturated rings. The van der Waals surface area contributed by atoms with Gasteiger partial charge in [-0.3, -0.25) is 9.30 Å². The van der Waals surface area contributed by atoms with Crippen molar-refractivity contribution in [3.8, 4) is 5.75 Å². The van der Waals surface area contributed by atoms with Crippen molar-refractivity contribution in [1.29, 1.82) is 0 Å². The van der Waals surface area contributed by atoms with Gasteiger partial charge in [-0.15, -0.1) is 0 Å². The van der Waals surface area contributed by atoms with E-state index in [4.69, 9.17) is 15.5 Å². The summed E-state index contributed by atoms with van der Waals surface area (Å²) in [4.78, 5) is 11.4. The molecule has 1 aromatic carbocycles. The number of likely N-dealkylation sites (tertiary alicyclic amines) is 1. The van der Waals surface area contributed by atoms with Gasteiger partial charge in [-0.2, -0.15) is 0 Å². The highest BCUT2D eigenvalue weighted by atomic mass is 16.5. The van der Waals surface area contributed by atoms with Crippen LogP contribution >= 0.6 is 0 Å². The second-order valence-corrected chi connectivity index (χ2v) is 7.99. The maximum atomic E-state index is 11.0. The third kappa shape index (κ3) is 2.56. The molecule has 3 N–H and O–H groups in total. The van der Waals surface area contributed by atoms with Crippen LogP contribution in [-0.4, -0.2) is 44.6 Å². The summed E-state index contributed by atoms with van der Waals surface area (Å²) in [7, 11) is 1.62. The fourth-order valence-electron chi connectivity index (χ4n) is 4.77. The topological polar surface area (TPSA) is 88.9 Å². The molecule has 5 rings (SSSR count). The van der Waals surface area contributed by atoms with Gasteiger partial charge in [0.2, 0.25) is 5.95 Å². The summed E-state index contributed by atoms with van der Waals surface area (Å²) in [6.07, 6.45) is 7.38.